The number of ether oxygens (including phenoxy) is 1. The lowest BCUT2D eigenvalue weighted by atomic mass is 9.89. The molecule has 1 unspecified atom stereocenters. The van der Waals surface area contributed by atoms with E-state index in [9.17, 15) is 14.7 Å². The summed E-state index contributed by atoms with van der Waals surface area (Å²) in [5.74, 6) is -1.53. The van der Waals surface area contributed by atoms with E-state index in [4.69, 9.17) is 16.3 Å². The second kappa shape index (κ2) is 8.01. The highest BCUT2D eigenvalue weighted by Gasteiger charge is 2.41. The summed E-state index contributed by atoms with van der Waals surface area (Å²) in [6, 6.07) is 14.6. The molecule has 1 amide bonds. The summed E-state index contributed by atoms with van der Waals surface area (Å²) in [6.45, 7) is 2.42. The Morgan fingerprint density at radius 3 is 2.52 bits per heavy atom. The van der Waals surface area contributed by atoms with Crippen LogP contribution in [0.4, 0.5) is 0 Å². The van der Waals surface area contributed by atoms with Crippen molar-refractivity contribution in [1.29, 1.82) is 0 Å². The van der Waals surface area contributed by atoms with Gasteiger partial charge in [-0.25, -0.2) is 0 Å². The number of carboxylic acids is 1. The van der Waals surface area contributed by atoms with Crippen molar-refractivity contribution in [2.75, 3.05) is 20.2 Å². The zero-order valence-electron chi connectivity index (χ0n) is 15.3. The maximum atomic E-state index is 13.0. The molecule has 0 aliphatic carbocycles. The fourth-order valence-electron chi connectivity index (χ4n) is 3.61. The van der Waals surface area contributed by atoms with Crippen molar-refractivity contribution in [2.24, 2.45) is 5.92 Å². The molecule has 0 spiro atoms. The number of hydrogen-bond donors (Lipinski definition) is 1. The number of rotatable bonds is 5. The van der Waals surface area contributed by atoms with E-state index in [1.165, 1.54) is 0 Å². The van der Waals surface area contributed by atoms with E-state index in [2.05, 4.69) is 0 Å². The Hall–Kier alpha value is -2.53. The van der Waals surface area contributed by atoms with Crippen LogP contribution < -0.4 is 4.74 Å². The van der Waals surface area contributed by atoms with Gasteiger partial charge in [-0.15, -0.1) is 0 Å². The fourth-order valence-corrected chi connectivity index (χ4v) is 3.74. The molecular weight excluding hydrogens is 366 g/mol. The highest BCUT2D eigenvalue weighted by atomic mass is 35.5. The van der Waals surface area contributed by atoms with Crippen LogP contribution in [0.25, 0.3) is 0 Å². The maximum absolute atomic E-state index is 13.0. The Morgan fingerprint density at radius 2 is 1.89 bits per heavy atom. The Balaban J connectivity index is 1.81. The summed E-state index contributed by atoms with van der Waals surface area (Å²) in [7, 11) is 1.58. The van der Waals surface area contributed by atoms with E-state index in [0.717, 1.165) is 11.1 Å². The summed E-state index contributed by atoms with van der Waals surface area (Å²) in [4.78, 5) is 26.4. The van der Waals surface area contributed by atoms with Gasteiger partial charge in [0, 0.05) is 24.0 Å². The van der Waals surface area contributed by atoms with Crippen molar-refractivity contribution >= 4 is 23.5 Å². The van der Waals surface area contributed by atoms with E-state index in [1.807, 2.05) is 43.3 Å². The van der Waals surface area contributed by atoms with Gasteiger partial charge in [-0.3, -0.25) is 9.59 Å². The molecule has 1 N–H and O–H groups in total. The molecule has 5 nitrogen and oxygen atoms in total. The van der Waals surface area contributed by atoms with Gasteiger partial charge in [-0.05, 0) is 42.3 Å². The fraction of sp³-hybridized carbons (Fsp3) is 0.333. The number of benzene rings is 2. The Labute approximate surface area is 163 Å². The predicted molar refractivity (Wildman–Crippen MR) is 103 cm³/mol. The number of aliphatic carboxylic acids is 1. The van der Waals surface area contributed by atoms with Crippen molar-refractivity contribution in [2.45, 2.75) is 18.8 Å². The third-order valence-corrected chi connectivity index (χ3v) is 5.46. The predicted octanol–water partition coefficient (Wildman–Crippen LogP) is 3.78. The van der Waals surface area contributed by atoms with Gasteiger partial charge in [0.25, 0.3) is 0 Å². The van der Waals surface area contributed by atoms with Gasteiger partial charge in [0.15, 0.2) is 0 Å². The van der Waals surface area contributed by atoms with Gasteiger partial charge in [-0.2, -0.15) is 0 Å². The van der Waals surface area contributed by atoms with Crippen LogP contribution in [-0.2, 0) is 9.59 Å². The average Bonchev–Trinajstić information content (AvgIpc) is 3.13. The summed E-state index contributed by atoms with van der Waals surface area (Å²) in [5.41, 5.74) is 1.73. The maximum Gasteiger partial charge on any atom is 0.308 e. The summed E-state index contributed by atoms with van der Waals surface area (Å²) in [6.07, 6.45) is 0. The zero-order chi connectivity index (χ0) is 19.6. The Kier molecular flexibility index (Phi) is 5.71. The van der Waals surface area contributed by atoms with Crippen LogP contribution in [-0.4, -0.2) is 42.1 Å². The van der Waals surface area contributed by atoms with E-state index < -0.39 is 11.9 Å². The van der Waals surface area contributed by atoms with Crippen LogP contribution >= 0.6 is 11.6 Å². The molecule has 0 aromatic heterocycles. The van der Waals surface area contributed by atoms with E-state index in [-0.39, 0.29) is 24.3 Å². The molecule has 2 aromatic rings. The first-order chi connectivity index (χ1) is 12.9. The SMILES string of the molecule is COc1cccc(C(C)C(=O)N2C[C@@H](C(=O)O)[C@H](c3ccc(Cl)cc3)C2)c1. The number of carbonyl (C=O) groups excluding carboxylic acids is 1. The lowest BCUT2D eigenvalue weighted by Gasteiger charge is -2.21. The molecule has 0 saturated carbocycles. The highest BCUT2D eigenvalue weighted by Crippen LogP contribution is 2.35. The lowest BCUT2D eigenvalue weighted by Crippen LogP contribution is -2.33. The molecule has 142 valence electrons. The molecule has 2 aromatic carbocycles. The molecule has 3 atom stereocenters. The topological polar surface area (TPSA) is 66.8 Å². The molecule has 0 bridgehead atoms. The number of halogens is 1. The lowest BCUT2D eigenvalue weighted by molar-refractivity contribution is -0.141. The minimum atomic E-state index is -0.890. The monoisotopic (exact) mass is 387 g/mol. The molecule has 1 heterocycles. The molecule has 27 heavy (non-hydrogen) atoms. The van der Waals surface area contributed by atoms with Crippen molar-refractivity contribution in [1.82, 2.24) is 4.90 Å². The first-order valence-electron chi connectivity index (χ1n) is 8.81. The van der Waals surface area contributed by atoms with Crippen LogP contribution in [0.1, 0.15) is 29.9 Å². The van der Waals surface area contributed by atoms with Gasteiger partial charge in [-0.1, -0.05) is 35.9 Å². The van der Waals surface area contributed by atoms with Gasteiger partial charge < -0.3 is 14.7 Å². The highest BCUT2D eigenvalue weighted by molar-refractivity contribution is 6.30. The first-order valence-corrected chi connectivity index (χ1v) is 9.19. The van der Waals surface area contributed by atoms with Gasteiger partial charge in [0.05, 0.1) is 18.9 Å². The Morgan fingerprint density at radius 1 is 1.19 bits per heavy atom. The molecule has 1 saturated heterocycles. The second-order valence-electron chi connectivity index (χ2n) is 6.84. The van der Waals surface area contributed by atoms with Crippen LogP contribution in [0.2, 0.25) is 5.02 Å². The minimum absolute atomic E-state index is 0.0778. The summed E-state index contributed by atoms with van der Waals surface area (Å²) >= 11 is 5.94. The summed E-state index contributed by atoms with van der Waals surface area (Å²) in [5, 5.41) is 10.2. The average molecular weight is 388 g/mol. The molecule has 1 fully saturated rings. The number of amides is 1. The number of likely N-dealkylation sites (tertiary alicyclic amines) is 1. The number of hydrogen-bond acceptors (Lipinski definition) is 3. The van der Waals surface area contributed by atoms with E-state index >= 15 is 0 Å². The first kappa shape index (κ1) is 19.2. The number of nitrogens with zero attached hydrogens (tertiary/aromatic N) is 1. The van der Waals surface area contributed by atoms with E-state index in [0.29, 0.717) is 17.3 Å². The normalized spacial score (nSPS) is 20.3. The van der Waals surface area contributed by atoms with Gasteiger partial charge >= 0.3 is 5.97 Å². The van der Waals surface area contributed by atoms with Gasteiger partial charge in [0.1, 0.15) is 5.75 Å². The quantitative estimate of drug-likeness (QED) is 0.847. The smallest absolute Gasteiger partial charge is 0.308 e. The molecule has 0 radical (unpaired) electrons. The minimum Gasteiger partial charge on any atom is -0.497 e. The van der Waals surface area contributed by atoms with Crippen LogP contribution in [0.5, 0.6) is 5.75 Å². The van der Waals surface area contributed by atoms with Crippen LogP contribution in [0.3, 0.4) is 0 Å². The summed E-state index contributed by atoms with van der Waals surface area (Å²) < 4.78 is 5.23. The molecule has 6 heteroatoms. The third kappa shape index (κ3) is 4.08. The van der Waals surface area contributed by atoms with Crippen molar-refractivity contribution in [3.8, 4) is 5.75 Å². The molecule has 1 aliphatic heterocycles. The molecule has 1 aliphatic rings. The second-order valence-corrected chi connectivity index (χ2v) is 7.28. The number of carboxylic acid groups (broad SMARTS) is 1. The standard InChI is InChI=1S/C21H22ClNO4/c1-13(15-4-3-5-17(10-15)27-2)20(24)23-11-18(19(12-23)21(25)26)14-6-8-16(22)9-7-14/h3-10,13,18-19H,11-12H2,1-2H3,(H,25,26)/t13?,18-,19+/m0/s1. The van der Waals surface area contributed by atoms with Gasteiger partial charge in [0.2, 0.25) is 5.91 Å². The van der Waals surface area contributed by atoms with E-state index in [1.54, 1.807) is 24.1 Å². The van der Waals surface area contributed by atoms with Crippen molar-refractivity contribution in [3.63, 3.8) is 0 Å². The number of methoxy groups -OCH3 is 1. The Bertz CT molecular complexity index is 836. The molecular formula is C21H22ClNO4. The van der Waals surface area contributed by atoms with Crippen molar-refractivity contribution in [3.05, 3.63) is 64.7 Å². The zero-order valence-corrected chi connectivity index (χ0v) is 16.0. The van der Waals surface area contributed by atoms with Crippen molar-refractivity contribution < 1.29 is 19.4 Å². The van der Waals surface area contributed by atoms with Crippen LogP contribution in [0, 0.1) is 5.92 Å². The molecule has 3 rings (SSSR count). The third-order valence-electron chi connectivity index (χ3n) is 5.21. The number of carbonyl (C=O) groups is 2. The van der Waals surface area contributed by atoms with Crippen LogP contribution in [0.15, 0.2) is 48.5 Å². The largest absolute Gasteiger partial charge is 0.497 e.